The molecule has 0 fully saturated rings. The summed E-state index contributed by atoms with van der Waals surface area (Å²) in [6.45, 7) is 0. The molecule has 410 valence electrons. The van der Waals surface area contributed by atoms with Crippen LogP contribution in [0, 0.1) is 0 Å². The van der Waals surface area contributed by atoms with Gasteiger partial charge in [0, 0.05) is 71.3 Å². The van der Waals surface area contributed by atoms with Gasteiger partial charge in [-0.2, -0.15) is 9.97 Å². The number of hydrogen-bond acceptors (Lipinski definition) is 3. The van der Waals surface area contributed by atoms with Crippen molar-refractivity contribution in [3.63, 3.8) is 0 Å². The Morgan fingerprint density at radius 2 is 0.545 bits per heavy atom. The minimum atomic E-state index is 0.531. The molecule has 13 aromatic carbocycles. The lowest BCUT2D eigenvalue weighted by Gasteiger charge is -2.14. The minimum absolute atomic E-state index is 0.531. The van der Waals surface area contributed by atoms with E-state index < -0.39 is 0 Å². The van der Waals surface area contributed by atoms with E-state index in [1.807, 2.05) is 0 Å². The molecule has 0 amide bonds. The Hall–Kier alpha value is -11.9. The molecule has 0 unspecified atom stereocenters. The molecule has 0 saturated carbocycles. The molecule has 7 heteroatoms. The highest BCUT2D eigenvalue weighted by molar-refractivity contribution is 6.14. The number of rotatable bonds is 9. The summed E-state index contributed by atoms with van der Waals surface area (Å²) in [5, 5.41) is 9.45. The summed E-state index contributed by atoms with van der Waals surface area (Å²) in [6.07, 6.45) is 0. The second-order valence-corrected chi connectivity index (χ2v) is 22.8. The molecule has 0 radical (unpaired) electrons. The third kappa shape index (κ3) is 7.81. The van der Waals surface area contributed by atoms with Crippen LogP contribution in [0.25, 0.3) is 166 Å². The lowest BCUT2D eigenvalue weighted by molar-refractivity contribution is 0.953. The van der Waals surface area contributed by atoms with E-state index in [4.69, 9.17) is 15.0 Å². The average molecular weight is 1120 g/mol. The standard InChI is InChI=1S/C81H51N7/c1-4-21-52(22-5-1)61-29-10-11-34-68(61)80-82-79(83-81(84-80)88-74-38-19-13-31-63(74)67-44-40-56(51-78(67)88)54-42-46-76-70(49-54)65-33-15-18-37-73(65)86(76)59-26-8-3-9-27-59)57-23-20-28-60(47-57)87-71-35-16-12-30-62(71)66-43-39-55(50-77(66)87)53-41-45-75-69(48-53)64-32-14-17-36-72(64)85(75)58-24-6-2-7-25-58/h1-51H. The van der Waals surface area contributed by atoms with Crippen molar-refractivity contribution >= 4 is 87.2 Å². The fourth-order valence-electron chi connectivity index (χ4n) is 13.9. The molecule has 5 heterocycles. The molecule has 5 aromatic heterocycles. The summed E-state index contributed by atoms with van der Waals surface area (Å²) < 4.78 is 9.38. The van der Waals surface area contributed by atoms with Crippen LogP contribution in [0.3, 0.4) is 0 Å². The molecule has 0 saturated heterocycles. The molecule has 0 aliphatic rings. The molecule has 0 bridgehead atoms. The lowest BCUT2D eigenvalue weighted by atomic mass is 9.99. The lowest BCUT2D eigenvalue weighted by Crippen LogP contribution is -2.07. The first-order valence-electron chi connectivity index (χ1n) is 29.9. The highest BCUT2D eigenvalue weighted by Gasteiger charge is 2.23. The Balaban J connectivity index is 0.816. The van der Waals surface area contributed by atoms with Gasteiger partial charge in [0.05, 0.1) is 44.1 Å². The average Bonchev–Trinajstić information content (AvgIpc) is 1.73. The van der Waals surface area contributed by atoms with Crippen LogP contribution in [0.2, 0.25) is 0 Å². The zero-order chi connectivity index (χ0) is 57.8. The summed E-state index contributed by atoms with van der Waals surface area (Å²) in [5.74, 6) is 1.68. The summed E-state index contributed by atoms with van der Waals surface area (Å²) >= 11 is 0. The highest BCUT2D eigenvalue weighted by Crippen LogP contribution is 2.42. The monoisotopic (exact) mass is 1120 g/mol. The van der Waals surface area contributed by atoms with Crippen LogP contribution in [0.15, 0.2) is 309 Å². The highest BCUT2D eigenvalue weighted by atomic mass is 15.2. The fourth-order valence-corrected chi connectivity index (χ4v) is 13.9. The molecule has 0 atom stereocenters. The third-order valence-electron chi connectivity index (χ3n) is 17.8. The van der Waals surface area contributed by atoms with E-state index in [0.717, 1.165) is 99.9 Å². The van der Waals surface area contributed by atoms with E-state index in [9.17, 15) is 0 Å². The van der Waals surface area contributed by atoms with Gasteiger partial charge in [0.25, 0.3) is 0 Å². The molecule has 18 aromatic rings. The number of para-hydroxylation sites is 6. The van der Waals surface area contributed by atoms with E-state index in [2.05, 4.69) is 328 Å². The Kier molecular flexibility index (Phi) is 11.2. The number of aromatic nitrogens is 7. The van der Waals surface area contributed by atoms with Crippen LogP contribution in [-0.4, -0.2) is 33.2 Å². The number of benzene rings is 13. The van der Waals surface area contributed by atoms with Gasteiger partial charge in [-0.25, -0.2) is 4.98 Å². The second kappa shape index (κ2) is 19.8. The Morgan fingerprint density at radius 1 is 0.182 bits per heavy atom. The van der Waals surface area contributed by atoms with Crippen LogP contribution < -0.4 is 0 Å². The zero-order valence-corrected chi connectivity index (χ0v) is 47.6. The fraction of sp³-hybridized carbons (Fsp3) is 0. The Bertz CT molecular complexity index is 5810. The van der Waals surface area contributed by atoms with Crippen molar-refractivity contribution in [2.24, 2.45) is 0 Å². The predicted molar refractivity (Wildman–Crippen MR) is 364 cm³/mol. The van der Waals surface area contributed by atoms with Crippen molar-refractivity contribution in [3.05, 3.63) is 309 Å². The molecule has 0 N–H and O–H groups in total. The quantitative estimate of drug-likeness (QED) is 0.145. The van der Waals surface area contributed by atoms with Gasteiger partial charge >= 0.3 is 0 Å². The maximum absolute atomic E-state index is 5.58. The molecule has 0 aliphatic heterocycles. The number of nitrogens with zero attached hydrogens (tertiary/aromatic N) is 7. The van der Waals surface area contributed by atoms with Crippen LogP contribution in [0.1, 0.15) is 0 Å². The SMILES string of the molecule is c1ccc(-c2ccccc2-c2nc(-c3cccc(-n4c5ccccc5c5ccc(-c6ccc7c(c6)c6ccccc6n7-c6ccccc6)cc54)c3)nc(-n3c4ccccc4c4ccc(-c5ccc6c(c5)c5ccccc5n6-c5ccccc5)cc43)n2)cc1. The van der Waals surface area contributed by atoms with E-state index in [1.54, 1.807) is 0 Å². The van der Waals surface area contributed by atoms with Gasteiger partial charge in [0.2, 0.25) is 5.95 Å². The van der Waals surface area contributed by atoms with Gasteiger partial charge in [-0.1, -0.05) is 212 Å². The van der Waals surface area contributed by atoms with Crippen molar-refractivity contribution < 1.29 is 0 Å². The Labute approximate surface area is 506 Å². The van der Waals surface area contributed by atoms with Gasteiger partial charge < -0.3 is 13.7 Å². The Morgan fingerprint density at radius 3 is 1.09 bits per heavy atom. The second-order valence-electron chi connectivity index (χ2n) is 22.8. The summed E-state index contributed by atoms with van der Waals surface area (Å²) in [6, 6.07) is 111. The molecule has 7 nitrogen and oxygen atoms in total. The molecule has 88 heavy (non-hydrogen) atoms. The largest absolute Gasteiger partial charge is 0.309 e. The molecular weight excluding hydrogens is 1070 g/mol. The van der Waals surface area contributed by atoms with Crippen LogP contribution in [0.5, 0.6) is 0 Å². The van der Waals surface area contributed by atoms with Crippen molar-refractivity contribution in [1.29, 1.82) is 0 Å². The first-order chi connectivity index (χ1) is 43.6. The maximum Gasteiger partial charge on any atom is 0.238 e. The maximum atomic E-state index is 5.58. The first kappa shape index (κ1) is 49.5. The molecule has 0 spiro atoms. The first-order valence-corrected chi connectivity index (χ1v) is 29.9. The van der Waals surface area contributed by atoms with Crippen LogP contribution in [0.4, 0.5) is 0 Å². The van der Waals surface area contributed by atoms with Gasteiger partial charge in [0.15, 0.2) is 11.6 Å². The normalized spacial score (nSPS) is 11.9. The van der Waals surface area contributed by atoms with Gasteiger partial charge in [-0.05, 0) is 130 Å². The van der Waals surface area contributed by atoms with E-state index in [-0.39, 0.29) is 0 Å². The summed E-state index contributed by atoms with van der Waals surface area (Å²) in [4.78, 5) is 16.6. The summed E-state index contributed by atoms with van der Waals surface area (Å²) in [7, 11) is 0. The number of fused-ring (bicyclic) bond motifs is 12. The molecule has 0 aliphatic carbocycles. The van der Waals surface area contributed by atoms with Crippen molar-refractivity contribution in [3.8, 4) is 79.2 Å². The molecular formula is C81H51N7. The van der Waals surface area contributed by atoms with E-state index in [0.29, 0.717) is 17.6 Å². The van der Waals surface area contributed by atoms with Gasteiger partial charge in [-0.3, -0.25) is 4.57 Å². The van der Waals surface area contributed by atoms with Crippen molar-refractivity contribution in [2.45, 2.75) is 0 Å². The van der Waals surface area contributed by atoms with Gasteiger partial charge in [-0.15, -0.1) is 0 Å². The third-order valence-corrected chi connectivity index (χ3v) is 17.8. The van der Waals surface area contributed by atoms with E-state index >= 15 is 0 Å². The van der Waals surface area contributed by atoms with Gasteiger partial charge in [0.1, 0.15) is 0 Å². The smallest absolute Gasteiger partial charge is 0.238 e. The predicted octanol–water partition coefficient (Wildman–Crippen LogP) is 20.6. The minimum Gasteiger partial charge on any atom is -0.309 e. The summed E-state index contributed by atoms with van der Waals surface area (Å²) in [5.41, 5.74) is 20.6. The van der Waals surface area contributed by atoms with Crippen molar-refractivity contribution in [2.75, 3.05) is 0 Å². The topological polar surface area (TPSA) is 58.4 Å². The van der Waals surface area contributed by atoms with E-state index in [1.165, 1.54) is 48.9 Å². The number of hydrogen-bond donors (Lipinski definition) is 0. The van der Waals surface area contributed by atoms with Crippen molar-refractivity contribution in [1.82, 2.24) is 33.2 Å². The van der Waals surface area contributed by atoms with Crippen LogP contribution in [-0.2, 0) is 0 Å². The molecule has 18 rings (SSSR count). The van der Waals surface area contributed by atoms with Crippen LogP contribution >= 0.6 is 0 Å². The zero-order valence-electron chi connectivity index (χ0n) is 47.6.